The number of aromatic amines is 1. The molecule has 0 aliphatic rings. The second-order valence-corrected chi connectivity index (χ2v) is 5.63. The van der Waals surface area contributed by atoms with E-state index in [0.29, 0.717) is 16.6 Å². The molecule has 0 amide bonds. The van der Waals surface area contributed by atoms with E-state index in [0.717, 1.165) is 22.6 Å². The summed E-state index contributed by atoms with van der Waals surface area (Å²) in [5.74, 6) is 0. The molecule has 0 aliphatic carbocycles. The van der Waals surface area contributed by atoms with E-state index in [-0.39, 0.29) is 10.9 Å². The summed E-state index contributed by atoms with van der Waals surface area (Å²) in [6.45, 7) is 2.59. The zero-order valence-corrected chi connectivity index (χ0v) is 12.0. The van der Waals surface area contributed by atoms with Gasteiger partial charge < -0.3 is 10.3 Å². The van der Waals surface area contributed by atoms with Gasteiger partial charge in [0.1, 0.15) is 0 Å². The third-order valence-electron chi connectivity index (χ3n) is 2.59. The number of hydrogen-bond donors (Lipinski definition) is 2. The van der Waals surface area contributed by atoms with Crippen molar-refractivity contribution in [1.29, 1.82) is 0 Å². The van der Waals surface area contributed by atoms with Crippen LogP contribution in [0.15, 0.2) is 28.4 Å². The Labute approximate surface area is 119 Å². The van der Waals surface area contributed by atoms with Gasteiger partial charge in [0.2, 0.25) is 0 Å². The van der Waals surface area contributed by atoms with E-state index in [4.69, 9.17) is 23.2 Å². The molecule has 6 heteroatoms. The number of halogens is 2. The standard InChI is InChI=1S/C12H12Cl2N2OS/c1-7(10-4-8(13)2-3-11(10)14)15-5-9-6-18-12(17)16-9/h2-4,6-7,15H,5H2,1H3,(H,16,17). The molecule has 0 radical (unpaired) electrons. The fraction of sp³-hybridized carbons (Fsp3) is 0.250. The van der Waals surface area contributed by atoms with Crippen molar-refractivity contribution in [1.82, 2.24) is 10.3 Å². The molecule has 0 saturated heterocycles. The van der Waals surface area contributed by atoms with Gasteiger partial charge in [-0.25, -0.2) is 0 Å². The van der Waals surface area contributed by atoms with Crippen molar-refractivity contribution in [2.75, 3.05) is 0 Å². The molecule has 0 bridgehead atoms. The largest absolute Gasteiger partial charge is 0.315 e. The van der Waals surface area contributed by atoms with Crippen LogP contribution in [0, 0.1) is 0 Å². The normalized spacial score (nSPS) is 12.6. The van der Waals surface area contributed by atoms with Gasteiger partial charge in [0, 0.05) is 33.7 Å². The average molecular weight is 303 g/mol. The lowest BCUT2D eigenvalue weighted by atomic mass is 10.1. The number of benzene rings is 1. The van der Waals surface area contributed by atoms with Crippen LogP contribution in [0.4, 0.5) is 0 Å². The molecule has 1 heterocycles. The maximum absolute atomic E-state index is 11.0. The Kier molecular flexibility index (Phi) is 4.45. The van der Waals surface area contributed by atoms with E-state index in [1.165, 1.54) is 0 Å². The molecule has 2 N–H and O–H groups in total. The third kappa shape index (κ3) is 3.36. The Balaban J connectivity index is 2.05. The zero-order chi connectivity index (χ0) is 13.1. The first-order valence-corrected chi connectivity index (χ1v) is 7.05. The van der Waals surface area contributed by atoms with Crippen LogP contribution in [-0.2, 0) is 6.54 Å². The van der Waals surface area contributed by atoms with Crippen LogP contribution >= 0.6 is 34.5 Å². The van der Waals surface area contributed by atoms with E-state index in [9.17, 15) is 4.79 Å². The van der Waals surface area contributed by atoms with Gasteiger partial charge in [0.15, 0.2) is 0 Å². The van der Waals surface area contributed by atoms with Crippen molar-refractivity contribution in [2.45, 2.75) is 19.5 Å². The molecule has 3 nitrogen and oxygen atoms in total. The molecule has 0 aliphatic heterocycles. The lowest BCUT2D eigenvalue weighted by Gasteiger charge is -2.15. The maximum Gasteiger partial charge on any atom is 0.304 e. The predicted molar refractivity (Wildman–Crippen MR) is 76.7 cm³/mol. The average Bonchev–Trinajstić information content (AvgIpc) is 2.75. The van der Waals surface area contributed by atoms with Crippen molar-refractivity contribution in [3.63, 3.8) is 0 Å². The molecule has 0 saturated carbocycles. The fourth-order valence-corrected chi connectivity index (χ4v) is 2.66. The van der Waals surface area contributed by atoms with Gasteiger partial charge in [-0.1, -0.05) is 34.5 Å². The Morgan fingerprint density at radius 1 is 1.44 bits per heavy atom. The molecule has 2 aromatic rings. The highest BCUT2D eigenvalue weighted by molar-refractivity contribution is 7.07. The molecule has 2 rings (SSSR count). The number of hydrogen-bond acceptors (Lipinski definition) is 3. The Hall–Kier alpha value is -0.810. The van der Waals surface area contributed by atoms with Crippen molar-refractivity contribution in [2.24, 2.45) is 0 Å². The first-order chi connectivity index (χ1) is 8.56. The Morgan fingerprint density at radius 3 is 2.89 bits per heavy atom. The lowest BCUT2D eigenvalue weighted by molar-refractivity contribution is 0.569. The molecule has 1 atom stereocenters. The Bertz CT molecular complexity index is 594. The van der Waals surface area contributed by atoms with Crippen LogP contribution in [0.5, 0.6) is 0 Å². The molecule has 1 unspecified atom stereocenters. The molecule has 0 spiro atoms. The maximum atomic E-state index is 11.0. The van der Waals surface area contributed by atoms with E-state index in [1.54, 1.807) is 12.1 Å². The second-order valence-electron chi connectivity index (χ2n) is 3.94. The Morgan fingerprint density at radius 2 is 2.22 bits per heavy atom. The third-order valence-corrected chi connectivity index (χ3v) is 3.89. The summed E-state index contributed by atoms with van der Waals surface area (Å²) in [6, 6.07) is 5.44. The van der Waals surface area contributed by atoms with Crippen molar-refractivity contribution >= 4 is 34.5 Å². The monoisotopic (exact) mass is 302 g/mol. The molecule has 0 fully saturated rings. The topological polar surface area (TPSA) is 44.9 Å². The van der Waals surface area contributed by atoms with Crippen LogP contribution in [-0.4, -0.2) is 4.98 Å². The number of rotatable bonds is 4. The van der Waals surface area contributed by atoms with Crippen LogP contribution in [0.25, 0.3) is 0 Å². The van der Waals surface area contributed by atoms with Gasteiger partial charge in [-0.05, 0) is 30.7 Å². The summed E-state index contributed by atoms with van der Waals surface area (Å²) < 4.78 is 0. The molecule has 18 heavy (non-hydrogen) atoms. The lowest BCUT2D eigenvalue weighted by Crippen LogP contribution is -2.19. The SMILES string of the molecule is CC(NCc1csc(=O)[nH]1)c1cc(Cl)ccc1Cl. The zero-order valence-electron chi connectivity index (χ0n) is 9.67. The molecule has 1 aromatic carbocycles. The highest BCUT2D eigenvalue weighted by atomic mass is 35.5. The van der Waals surface area contributed by atoms with Crippen LogP contribution < -0.4 is 10.2 Å². The van der Waals surface area contributed by atoms with Gasteiger partial charge in [-0.3, -0.25) is 4.79 Å². The molecule has 96 valence electrons. The highest BCUT2D eigenvalue weighted by Gasteiger charge is 2.10. The summed E-state index contributed by atoms with van der Waals surface area (Å²) in [7, 11) is 0. The molecular weight excluding hydrogens is 291 g/mol. The minimum absolute atomic E-state index is 0.0414. The van der Waals surface area contributed by atoms with Crippen LogP contribution in [0.1, 0.15) is 24.2 Å². The first-order valence-electron chi connectivity index (χ1n) is 5.41. The van der Waals surface area contributed by atoms with Crippen molar-refractivity contribution in [3.8, 4) is 0 Å². The second kappa shape index (κ2) is 5.89. The van der Waals surface area contributed by atoms with E-state index in [1.807, 2.05) is 18.4 Å². The number of thiazole rings is 1. The smallest absolute Gasteiger partial charge is 0.304 e. The van der Waals surface area contributed by atoms with E-state index < -0.39 is 0 Å². The minimum atomic E-state index is -0.0414. The highest BCUT2D eigenvalue weighted by Crippen LogP contribution is 2.26. The predicted octanol–water partition coefficient (Wildman–Crippen LogP) is 3.59. The van der Waals surface area contributed by atoms with Gasteiger partial charge in [-0.2, -0.15) is 0 Å². The summed E-state index contributed by atoms with van der Waals surface area (Å²) >= 11 is 13.2. The number of H-pyrrole nitrogens is 1. The van der Waals surface area contributed by atoms with Crippen molar-refractivity contribution < 1.29 is 0 Å². The first kappa shape index (κ1) is 13.6. The van der Waals surface area contributed by atoms with Crippen molar-refractivity contribution in [3.05, 3.63) is 54.5 Å². The number of nitrogens with one attached hydrogen (secondary N) is 2. The summed E-state index contributed by atoms with van der Waals surface area (Å²) in [5, 5.41) is 6.44. The van der Waals surface area contributed by atoms with Crippen LogP contribution in [0.3, 0.4) is 0 Å². The van der Waals surface area contributed by atoms with E-state index >= 15 is 0 Å². The molecular formula is C12H12Cl2N2OS. The fourth-order valence-electron chi connectivity index (χ4n) is 1.62. The van der Waals surface area contributed by atoms with Gasteiger partial charge >= 0.3 is 4.87 Å². The molecule has 1 aromatic heterocycles. The number of aromatic nitrogens is 1. The quantitative estimate of drug-likeness (QED) is 0.906. The van der Waals surface area contributed by atoms with Gasteiger partial charge in [-0.15, -0.1) is 0 Å². The summed E-state index contributed by atoms with van der Waals surface area (Å²) in [6.07, 6.45) is 0. The van der Waals surface area contributed by atoms with Gasteiger partial charge in [0.05, 0.1) is 0 Å². The van der Waals surface area contributed by atoms with E-state index in [2.05, 4.69) is 10.3 Å². The minimum Gasteiger partial charge on any atom is -0.315 e. The van der Waals surface area contributed by atoms with Crippen LogP contribution in [0.2, 0.25) is 10.0 Å². The summed E-state index contributed by atoms with van der Waals surface area (Å²) in [5.41, 5.74) is 1.82. The summed E-state index contributed by atoms with van der Waals surface area (Å²) in [4.78, 5) is 13.7. The van der Waals surface area contributed by atoms with Gasteiger partial charge in [0.25, 0.3) is 0 Å².